The van der Waals surface area contributed by atoms with Crippen molar-refractivity contribution in [1.29, 1.82) is 0 Å². The van der Waals surface area contributed by atoms with Gasteiger partial charge in [0.15, 0.2) is 0 Å². The Hall–Kier alpha value is -1.98. The van der Waals surface area contributed by atoms with Crippen LogP contribution < -0.4 is 9.80 Å². The molecule has 0 saturated carbocycles. The van der Waals surface area contributed by atoms with E-state index >= 15 is 0 Å². The SMILES string of the molecule is CC[C@H](Nc1nc([AsH]Cc2cccnc2)c2ncn(C(C)C)c2n1)C(C)(C)O. The maximum absolute atomic E-state index is 10.4. The summed E-state index contributed by atoms with van der Waals surface area (Å²) in [6.07, 6.45) is 6.33. The van der Waals surface area contributed by atoms with Crippen LogP contribution in [0.25, 0.3) is 11.2 Å². The predicted molar refractivity (Wildman–Crippen MR) is 114 cm³/mol. The molecule has 0 amide bonds. The first kappa shape index (κ1) is 20.7. The molecule has 0 bridgehead atoms. The first-order valence-electron chi connectivity index (χ1n) is 9.65. The number of anilines is 1. The van der Waals surface area contributed by atoms with Crippen molar-refractivity contribution in [3.05, 3.63) is 36.4 Å². The number of rotatable bonds is 8. The summed E-state index contributed by atoms with van der Waals surface area (Å²) < 4.78 is 3.11. The van der Waals surface area contributed by atoms with Crippen molar-refractivity contribution in [2.75, 3.05) is 5.32 Å². The van der Waals surface area contributed by atoms with Crippen LogP contribution in [0.1, 0.15) is 52.6 Å². The summed E-state index contributed by atoms with van der Waals surface area (Å²) in [6.45, 7) is 9.90. The molecule has 150 valence electrons. The molecular formula is C20H29AsN6O. The summed E-state index contributed by atoms with van der Waals surface area (Å²) in [7, 11) is 0. The van der Waals surface area contributed by atoms with Crippen molar-refractivity contribution in [3.63, 3.8) is 0 Å². The maximum atomic E-state index is 10.4. The Morgan fingerprint density at radius 3 is 2.68 bits per heavy atom. The van der Waals surface area contributed by atoms with E-state index < -0.39 is 21.4 Å². The van der Waals surface area contributed by atoms with E-state index in [1.807, 2.05) is 39.4 Å². The van der Waals surface area contributed by atoms with Crippen molar-refractivity contribution in [3.8, 4) is 0 Å². The number of hydrogen-bond donors (Lipinski definition) is 2. The minimum absolute atomic E-state index is 0.133. The van der Waals surface area contributed by atoms with Crippen LogP contribution in [0.3, 0.4) is 0 Å². The average Bonchev–Trinajstić information content (AvgIpc) is 3.08. The quantitative estimate of drug-likeness (QED) is 0.517. The second-order valence-corrected chi connectivity index (χ2v) is 10.3. The molecule has 0 radical (unpaired) electrons. The van der Waals surface area contributed by atoms with E-state index in [9.17, 15) is 5.11 Å². The van der Waals surface area contributed by atoms with Crippen molar-refractivity contribution < 1.29 is 5.11 Å². The molecular weight excluding hydrogens is 415 g/mol. The summed E-state index contributed by atoms with van der Waals surface area (Å²) in [5.74, 6) is 0.564. The van der Waals surface area contributed by atoms with Crippen molar-refractivity contribution >= 4 is 37.3 Å². The Morgan fingerprint density at radius 1 is 1.29 bits per heavy atom. The Labute approximate surface area is 172 Å². The van der Waals surface area contributed by atoms with Gasteiger partial charge in [-0.15, -0.1) is 0 Å². The summed E-state index contributed by atoms with van der Waals surface area (Å²) in [5, 5.41) is 14.7. The summed E-state index contributed by atoms with van der Waals surface area (Å²) in [6, 6.07) is 4.19. The minimum atomic E-state index is -0.864. The molecule has 0 aliphatic rings. The number of aromatic nitrogens is 5. The van der Waals surface area contributed by atoms with Crippen LogP contribution in [-0.2, 0) is 5.21 Å². The molecule has 3 rings (SSSR count). The Bertz CT molecular complexity index is 920. The number of hydrogen-bond acceptors (Lipinski definition) is 6. The van der Waals surface area contributed by atoms with Crippen LogP contribution >= 0.6 is 0 Å². The van der Waals surface area contributed by atoms with Gasteiger partial charge in [-0.3, -0.25) is 0 Å². The standard InChI is InChI=1S/C20H29AsN6O/c1-6-15(20(4,5)28)24-19-25-17(21-10-14-8-7-9-22-11-14)16-18(26-19)27(12-23-16)13(2)3/h7-9,11-13,15,21,28H,6,10H2,1-5H3,(H,24,25,26)/t15-/m0/s1. The zero-order valence-corrected chi connectivity index (χ0v) is 19.2. The molecule has 8 heteroatoms. The van der Waals surface area contributed by atoms with E-state index in [1.165, 1.54) is 5.56 Å². The van der Waals surface area contributed by atoms with Crippen LogP contribution in [0.15, 0.2) is 30.9 Å². The van der Waals surface area contributed by atoms with E-state index in [2.05, 4.69) is 39.8 Å². The zero-order chi connectivity index (χ0) is 20.3. The molecule has 0 aliphatic heterocycles. The van der Waals surface area contributed by atoms with Gasteiger partial charge in [-0.25, -0.2) is 0 Å². The van der Waals surface area contributed by atoms with Gasteiger partial charge >= 0.3 is 173 Å². The summed E-state index contributed by atoms with van der Waals surface area (Å²) in [4.78, 5) is 18.4. The van der Waals surface area contributed by atoms with Crippen LogP contribution in [0.4, 0.5) is 5.95 Å². The van der Waals surface area contributed by atoms with Crippen LogP contribution in [0.5, 0.6) is 0 Å². The van der Waals surface area contributed by atoms with E-state index in [-0.39, 0.29) is 12.1 Å². The fourth-order valence-electron chi connectivity index (χ4n) is 3.10. The Morgan fingerprint density at radius 2 is 2.07 bits per heavy atom. The predicted octanol–water partition coefficient (Wildman–Crippen LogP) is 2.03. The van der Waals surface area contributed by atoms with Gasteiger partial charge in [0.2, 0.25) is 0 Å². The molecule has 2 atom stereocenters. The van der Waals surface area contributed by atoms with Gasteiger partial charge in [0.05, 0.1) is 0 Å². The molecule has 1 unspecified atom stereocenters. The first-order chi connectivity index (χ1) is 13.3. The molecule has 0 aliphatic carbocycles. The fourth-order valence-corrected chi connectivity index (χ4v) is 5.43. The second-order valence-electron chi connectivity index (χ2n) is 7.79. The third-order valence-electron chi connectivity index (χ3n) is 4.72. The second kappa shape index (κ2) is 8.58. The Kier molecular flexibility index (Phi) is 6.36. The number of pyridine rings is 1. The van der Waals surface area contributed by atoms with Crippen molar-refractivity contribution in [1.82, 2.24) is 24.5 Å². The molecule has 0 aromatic carbocycles. The molecule has 3 aromatic rings. The van der Waals surface area contributed by atoms with E-state index in [0.717, 1.165) is 27.3 Å². The third kappa shape index (κ3) is 4.70. The number of nitrogens with one attached hydrogen (secondary N) is 1. The van der Waals surface area contributed by atoms with Crippen LogP contribution in [0.2, 0.25) is 0 Å². The average molecular weight is 444 g/mol. The summed E-state index contributed by atoms with van der Waals surface area (Å²) in [5.41, 5.74) is 2.09. The van der Waals surface area contributed by atoms with Gasteiger partial charge in [-0.05, 0) is 0 Å². The number of aliphatic hydroxyl groups is 1. The van der Waals surface area contributed by atoms with Gasteiger partial charge in [0, 0.05) is 0 Å². The van der Waals surface area contributed by atoms with Gasteiger partial charge in [0.25, 0.3) is 0 Å². The van der Waals surface area contributed by atoms with Crippen LogP contribution in [0, 0.1) is 0 Å². The molecule has 0 saturated heterocycles. The van der Waals surface area contributed by atoms with Crippen molar-refractivity contribution in [2.24, 2.45) is 0 Å². The molecule has 0 spiro atoms. The number of nitrogens with zero attached hydrogens (tertiary/aromatic N) is 5. The number of imidazole rings is 1. The normalized spacial score (nSPS) is 13.7. The fraction of sp³-hybridized carbons (Fsp3) is 0.500. The molecule has 2 N–H and O–H groups in total. The van der Waals surface area contributed by atoms with E-state index in [4.69, 9.17) is 9.97 Å². The van der Waals surface area contributed by atoms with E-state index in [0.29, 0.717) is 5.95 Å². The molecule has 3 aromatic heterocycles. The zero-order valence-electron chi connectivity index (χ0n) is 17.1. The first-order valence-corrected chi connectivity index (χ1v) is 12.2. The Balaban J connectivity index is 1.98. The van der Waals surface area contributed by atoms with Gasteiger partial charge in [-0.2, -0.15) is 0 Å². The van der Waals surface area contributed by atoms with Crippen LogP contribution in [-0.4, -0.2) is 57.0 Å². The molecule has 7 nitrogen and oxygen atoms in total. The van der Waals surface area contributed by atoms with E-state index in [1.54, 1.807) is 6.20 Å². The third-order valence-corrected chi connectivity index (χ3v) is 7.39. The van der Waals surface area contributed by atoms with Gasteiger partial charge in [0.1, 0.15) is 0 Å². The number of fused-ring (bicyclic) bond motifs is 1. The molecule has 3 heterocycles. The van der Waals surface area contributed by atoms with Crippen molar-refractivity contribution in [2.45, 2.75) is 63.9 Å². The topological polar surface area (TPSA) is 88.8 Å². The monoisotopic (exact) mass is 444 g/mol. The molecule has 0 fully saturated rings. The molecule has 28 heavy (non-hydrogen) atoms. The van der Waals surface area contributed by atoms with Gasteiger partial charge < -0.3 is 0 Å². The van der Waals surface area contributed by atoms with Gasteiger partial charge in [-0.1, -0.05) is 0 Å². The summed E-state index contributed by atoms with van der Waals surface area (Å²) >= 11 is -0.563.